The number of methoxy groups -OCH3 is 1. The zero-order chi connectivity index (χ0) is 17.6. The van der Waals surface area contributed by atoms with E-state index in [-0.39, 0.29) is 5.91 Å². The topological polar surface area (TPSA) is 70.6 Å². The van der Waals surface area contributed by atoms with Crippen LogP contribution < -0.4 is 15.0 Å². The van der Waals surface area contributed by atoms with Crippen LogP contribution in [0.4, 0.5) is 5.82 Å². The SMILES string of the molecule is COc1ncccc1C(=O)NCc1cccnc1N1CCN(C)CC1. The number of aromatic nitrogens is 2. The van der Waals surface area contributed by atoms with Crippen LogP contribution in [0.3, 0.4) is 0 Å². The minimum Gasteiger partial charge on any atom is -0.480 e. The normalized spacial score (nSPS) is 15.0. The lowest BCUT2D eigenvalue weighted by Crippen LogP contribution is -2.45. The quantitative estimate of drug-likeness (QED) is 0.880. The Hall–Kier alpha value is -2.67. The fourth-order valence-electron chi connectivity index (χ4n) is 2.87. The molecule has 3 rings (SSSR count). The number of nitrogens with one attached hydrogen (secondary N) is 1. The van der Waals surface area contributed by atoms with E-state index in [0.29, 0.717) is 18.0 Å². The molecule has 1 amide bonds. The third-order valence-electron chi connectivity index (χ3n) is 4.32. The minimum absolute atomic E-state index is 0.210. The van der Waals surface area contributed by atoms with Crippen molar-refractivity contribution < 1.29 is 9.53 Å². The van der Waals surface area contributed by atoms with Crippen molar-refractivity contribution in [3.8, 4) is 5.88 Å². The Morgan fingerprint density at radius 3 is 2.64 bits per heavy atom. The van der Waals surface area contributed by atoms with Crippen LogP contribution in [0, 0.1) is 0 Å². The van der Waals surface area contributed by atoms with Crippen molar-refractivity contribution >= 4 is 11.7 Å². The summed E-state index contributed by atoms with van der Waals surface area (Å²) < 4.78 is 5.15. The Balaban J connectivity index is 1.70. The van der Waals surface area contributed by atoms with Gasteiger partial charge in [-0.15, -0.1) is 0 Å². The second-order valence-corrected chi connectivity index (χ2v) is 6.02. The second kappa shape index (κ2) is 7.94. The molecule has 0 aromatic carbocycles. The van der Waals surface area contributed by atoms with Gasteiger partial charge in [0.05, 0.1) is 7.11 Å². The van der Waals surface area contributed by atoms with Gasteiger partial charge in [0.25, 0.3) is 5.91 Å². The predicted octanol–water partition coefficient (Wildman–Crippen LogP) is 1.17. The van der Waals surface area contributed by atoms with Gasteiger partial charge < -0.3 is 19.9 Å². The van der Waals surface area contributed by atoms with Crippen molar-refractivity contribution in [3.63, 3.8) is 0 Å². The number of carbonyl (C=O) groups excluding carboxylic acids is 1. The first-order valence-corrected chi connectivity index (χ1v) is 8.33. The molecule has 132 valence electrons. The summed E-state index contributed by atoms with van der Waals surface area (Å²) in [5.74, 6) is 1.05. The highest BCUT2D eigenvalue weighted by molar-refractivity contribution is 5.96. The Kier molecular flexibility index (Phi) is 5.45. The number of hydrogen-bond acceptors (Lipinski definition) is 6. The molecule has 3 heterocycles. The maximum Gasteiger partial charge on any atom is 0.257 e. The molecule has 1 N–H and O–H groups in total. The fourth-order valence-corrected chi connectivity index (χ4v) is 2.87. The highest BCUT2D eigenvalue weighted by atomic mass is 16.5. The van der Waals surface area contributed by atoms with Gasteiger partial charge in [0.15, 0.2) is 0 Å². The largest absolute Gasteiger partial charge is 0.480 e. The van der Waals surface area contributed by atoms with Gasteiger partial charge >= 0.3 is 0 Å². The Labute approximate surface area is 147 Å². The molecule has 0 radical (unpaired) electrons. The summed E-state index contributed by atoms with van der Waals surface area (Å²) in [4.78, 5) is 25.6. The number of rotatable bonds is 5. The number of hydrogen-bond donors (Lipinski definition) is 1. The third-order valence-corrected chi connectivity index (χ3v) is 4.32. The maximum absolute atomic E-state index is 12.5. The number of pyridine rings is 2. The van der Waals surface area contributed by atoms with Crippen molar-refractivity contribution in [2.75, 3.05) is 45.2 Å². The van der Waals surface area contributed by atoms with E-state index in [2.05, 4.69) is 32.1 Å². The molecule has 1 fully saturated rings. The summed E-state index contributed by atoms with van der Waals surface area (Å²) in [6.45, 7) is 4.30. The summed E-state index contributed by atoms with van der Waals surface area (Å²) in [7, 11) is 3.63. The minimum atomic E-state index is -0.210. The van der Waals surface area contributed by atoms with E-state index < -0.39 is 0 Å². The number of ether oxygens (including phenoxy) is 1. The number of carbonyl (C=O) groups is 1. The molecular formula is C18H23N5O2. The number of nitrogens with zero attached hydrogens (tertiary/aromatic N) is 4. The fraction of sp³-hybridized carbons (Fsp3) is 0.389. The van der Waals surface area contributed by atoms with Gasteiger partial charge in [-0.25, -0.2) is 9.97 Å². The molecule has 0 bridgehead atoms. The lowest BCUT2D eigenvalue weighted by Gasteiger charge is -2.34. The van der Waals surface area contributed by atoms with Crippen LogP contribution in [0.15, 0.2) is 36.7 Å². The van der Waals surface area contributed by atoms with Crippen molar-refractivity contribution in [2.45, 2.75) is 6.54 Å². The lowest BCUT2D eigenvalue weighted by molar-refractivity contribution is 0.0947. The van der Waals surface area contributed by atoms with Crippen LogP contribution in [0.1, 0.15) is 15.9 Å². The molecule has 0 unspecified atom stereocenters. The Morgan fingerprint density at radius 2 is 1.88 bits per heavy atom. The van der Waals surface area contributed by atoms with E-state index in [1.54, 1.807) is 24.5 Å². The van der Waals surface area contributed by atoms with Crippen molar-refractivity contribution in [1.82, 2.24) is 20.2 Å². The summed E-state index contributed by atoms with van der Waals surface area (Å²) in [5, 5.41) is 2.94. The third kappa shape index (κ3) is 4.06. The molecule has 7 nitrogen and oxygen atoms in total. The maximum atomic E-state index is 12.5. The van der Waals surface area contributed by atoms with E-state index in [4.69, 9.17) is 4.74 Å². The van der Waals surface area contributed by atoms with Crippen LogP contribution in [-0.4, -0.2) is 61.1 Å². The van der Waals surface area contributed by atoms with E-state index in [1.165, 1.54) is 7.11 Å². The molecule has 25 heavy (non-hydrogen) atoms. The molecule has 1 saturated heterocycles. The van der Waals surface area contributed by atoms with E-state index in [9.17, 15) is 4.79 Å². The zero-order valence-corrected chi connectivity index (χ0v) is 14.6. The summed E-state index contributed by atoms with van der Waals surface area (Å²) in [6, 6.07) is 7.32. The molecule has 0 atom stereocenters. The van der Waals surface area contributed by atoms with Gasteiger partial charge in [-0.2, -0.15) is 0 Å². The molecule has 0 spiro atoms. The van der Waals surface area contributed by atoms with E-state index in [0.717, 1.165) is 37.6 Å². The number of amides is 1. The molecule has 7 heteroatoms. The first kappa shape index (κ1) is 17.2. The van der Waals surface area contributed by atoms with Crippen LogP contribution in [0.2, 0.25) is 0 Å². The van der Waals surface area contributed by atoms with Crippen molar-refractivity contribution in [1.29, 1.82) is 0 Å². The number of likely N-dealkylation sites (N-methyl/N-ethyl adjacent to an activating group) is 1. The molecule has 2 aromatic heterocycles. The standard InChI is InChI=1S/C18H23N5O2/c1-22-9-11-23(12-10-22)16-14(5-3-7-19-16)13-21-17(24)15-6-4-8-20-18(15)25-2/h3-8H,9-13H2,1-2H3,(H,21,24). The molecule has 1 aliphatic heterocycles. The predicted molar refractivity (Wildman–Crippen MR) is 95.9 cm³/mol. The highest BCUT2D eigenvalue weighted by Crippen LogP contribution is 2.19. The molecule has 0 aliphatic carbocycles. The van der Waals surface area contributed by atoms with Gasteiger partial charge in [0.1, 0.15) is 11.4 Å². The first-order chi connectivity index (χ1) is 12.2. The van der Waals surface area contributed by atoms with Gasteiger partial charge in [-0.3, -0.25) is 4.79 Å². The van der Waals surface area contributed by atoms with Crippen LogP contribution >= 0.6 is 0 Å². The van der Waals surface area contributed by atoms with Crippen molar-refractivity contribution in [2.24, 2.45) is 0 Å². The second-order valence-electron chi connectivity index (χ2n) is 6.02. The molecule has 1 aliphatic rings. The van der Waals surface area contributed by atoms with Crippen LogP contribution in [0.5, 0.6) is 5.88 Å². The zero-order valence-electron chi connectivity index (χ0n) is 14.6. The summed E-state index contributed by atoms with van der Waals surface area (Å²) in [5.41, 5.74) is 1.43. The Bertz CT molecular complexity index is 729. The molecule has 2 aromatic rings. The van der Waals surface area contributed by atoms with Crippen LogP contribution in [0.25, 0.3) is 0 Å². The smallest absolute Gasteiger partial charge is 0.257 e. The number of piperazine rings is 1. The van der Waals surface area contributed by atoms with E-state index >= 15 is 0 Å². The van der Waals surface area contributed by atoms with Gasteiger partial charge in [0, 0.05) is 50.7 Å². The van der Waals surface area contributed by atoms with Gasteiger partial charge in [0.2, 0.25) is 5.88 Å². The highest BCUT2D eigenvalue weighted by Gasteiger charge is 2.19. The summed E-state index contributed by atoms with van der Waals surface area (Å²) >= 11 is 0. The average molecular weight is 341 g/mol. The molecule has 0 saturated carbocycles. The monoisotopic (exact) mass is 341 g/mol. The van der Waals surface area contributed by atoms with E-state index in [1.807, 2.05) is 12.1 Å². The first-order valence-electron chi connectivity index (χ1n) is 8.33. The van der Waals surface area contributed by atoms with Gasteiger partial charge in [-0.05, 0) is 25.2 Å². The van der Waals surface area contributed by atoms with Gasteiger partial charge in [-0.1, -0.05) is 6.07 Å². The van der Waals surface area contributed by atoms with Crippen molar-refractivity contribution in [3.05, 3.63) is 47.8 Å². The summed E-state index contributed by atoms with van der Waals surface area (Å²) in [6.07, 6.45) is 3.39. The Morgan fingerprint density at radius 1 is 1.16 bits per heavy atom. The lowest BCUT2D eigenvalue weighted by atomic mass is 10.2. The van der Waals surface area contributed by atoms with Crippen LogP contribution in [-0.2, 0) is 6.54 Å². The molecular weight excluding hydrogens is 318 g/mol. The average Bonchev–Trinajstić information content (AvgIpc) is 2.67. The number of anilines is 1.